The van der Waals surface area contributed by atoms with Crippen LogP contribution in [-0.4, -0.2) is 23.9 Å². The Labute approximate surface area is 176 Å². The van der Waals surface area contributed by atoms with E-state index in [1.54, 1.807) is 11.9 Å². The Hall–Kier alpha value is -3.28. The topological polar surface area (TPSA) is 74.6 Å². The summed E-state index contributed by atoms with van der Waals surface area (Å²) < 4.78 is 5.94. The normalized spacial score (nSPS) is 13.3. The molecule has 0 bridgehead atoms. The maximum absolute atomic E-state index is 12.9. The summed E-state index contributed by atoms with van der Waals surface area (Å²) in [5.41, 5.74) is 4.20. The van der Waals surface area contributed by atoms with E-state index in [0.717, 1.165) is 47.1 Å². The molecule has 6 nitrogen and oxygen atoms in total. The van der Waals surface area contributed by atoms with Crippen LogP contribution in [0.25, 0.3) is 11.0 Å². The van der Waals surface area contributed by atoms with Gasteiger partial charge in [-0.15, -0.1) is 0 Å². The number of amides is 3. The fourth-order valence-corrected chi connectivity index (χ4v) is 3.55. The molecule has 156 valence electrons. The van der Waals surface area contributed by atoms with Crippen molar-refractivity contribution in [2.75, 3.05) is 17.7 Å². The first-order valence-corrected chi connectivity index (χ1v) is 10.4. The Balaban J connectivity index is 1.48. The number of hydrogen-bond donors (Lipinski definition) is 2. The average Bonchev–Trinajstić information content (AvgIpc) is 3.53. The van der Waals surface area contributed by atoms with Gasteiger partial charge < -0.3 is 20.0 Å². The lowest BCUT2D eigenvalue weighted by Gasteiger charge is -2.19. The van der Waals surface area contributed by atoms with Crippen molar-refractivity contribution in [1.29, 1.82) is 0 Å². The van der Waals surface area contributed by atoms with Crippen LogP contribution < -0.4 is 10.6 Å². The van der Waals surface area contributed by atoms with Gasteiger partial charge in [0.25, 0.3) is 0 Å². The zero-order chi connectivity index (χ0) is 21.3. The SMILES string of the molecule is CCc1oc2ccccc2c1CN(C)C(=O)Nc1cc(NC(=O)C2CC2)ccc1C. The third-order valence-electron chi connectivity index (χ3n) is 5.54. The molecule has 4 rings (SSSR count). The van der Waals surface area contributed by atoms with Gasteiger partial charge in [-0.1, -0.05) is 31.2 Å². The number of rotatable bonds is 6. The lowest BCUT2D eigenvalue weighted by molar-refractivity contribution is -0.117. The highest BCUT2D eigenvalue weighted by Gasteiger charge is 2.29. The van der Waals surface area contributed by atoms with E-state index in [4.69, 9.17) is 4.42 Å². The number of aryl methyl sites for hydroxylation is 2. The number of carbonyl (C=O) groups is 2. The van der Waals surface area contributed by atoms with Crippen LogP contribution in [0, 0.1) is 12.8 Å². The van der Waals surface area contributed by atoms with E-state index in [1.165, 1.54) is 0 Å². The predicted octanol–water partition coefficient (Wildman–Crippen LogP) is 5.32. The second-order valence-corrected chi connectivity index (χ2v) is 7.93. The summed E-state index contributed by atoms with van der Waals surface area (Å²) >= 11 is 0. The summed E-state index contributed by atoms with van der Waals surface area (Å²) in [5.74, 6) is 1.08. The van der Waals surface area contributed by atoms with Crippen molar-refractivity contribution in [2.24, 2.45) is 5.92 Å². The first-order valence-electron chi connectivity index (χ1n) is 10.4. The quantitative estimate of drug-likeness (QED) is 0.583. The molecule has 0 radical (unpaired) electrons. The highest BCUT2D eigenvalue weighted by atomic mass is 16.3. The van der Waals surface area contributed by atoms with Gasteiger partial charge >= 0.3 is 6.03 Å². The van der Waals surface area contributed by atoms with E-state index in [9.17, 15) is 9.59 Å². The summed E-state index contributed by atoms with van der Waals surface area (Å²) in [6.07, 6.45) is 2.67. The maximum atomic E-state index is 12.9. The molecule has 30 heavy (non-hydrogen) atoms. The van der Waals surface area contributed by atoms with Crippen molar-refractivity contribution >= 4 is 34.3 Å². The molecule has 3 amide bonds. The fraction of sp³-hybridized carbons (Fsp3) is 0.333. The maximum Gasteiger partial charge on any atom is 0.321 e. The Morgan fingerprint density at radius 1 is 1.13 bits per heavy atom. The number of benzene rings is 2. The van der Waals surface area contributed by atoms with Crippen molar-refractivity contribution in [1.82, 2.24) is 4.90 Å². The van der Waals surface area contributed by atoms with Gasteiger partial charge in [-0.25, -0.2) is 4.79 Å². The second-order valence-electron chi connectivity index (χ2n) is 7.93. The van der Waals surface area contributed by atoms with E-state index >= 15 is 0 Å². The third-order valence-corrected chi connectivity index (χ3v) is 5.54. The molecule has 3 aromatic rings. The van der Waals surface area contributed by atoms with Crippen LogP contribution >= 0.6 is 0 Å². The molecule has 1 aliphatic rings. The van der Waals surface area contributed by atoms with Crippen molar-refractivity contribution in [2.45, 2.75) is 39.7 Å². The molecule has 1 saturated carbocycles. The minimum atomic E-state index is -0.212. The van der Waals surface area contributed by atoms with Gasteiger partial charge in [0.05, 0.1) is 6.54 Å². The van der Waals surface area contributed by atoms with Gasteiger partial charge in [0.2, 0.25) is 5.91 Å². The number of para-hydroxylation sites is 1. The summed E-state index contributed by atoms with van der Waals surface area (Å²) in [6.45, 7) is 4.43. The molecule has 0 atom stereocenters. The molecule has 0 spiro atoms. The van der Waals surface area contributed by atoms with Gasteiger partial charge in [0, 0.05) is 41.7 Å². The number of carbonyl (C=O) groups excluding carboxylic acids is 2. The highest BCUT2D eigenvalue weighted by Crippen LogP contribution is 2.31. The van der Waals surface area contributed by atoms with E-state index in [0.29, 0.717) is 17.9 Å². The van der Waals surface area contributed by atoms with Gasteiger partial charge in [-0.2, -0.15) is 0 Å². The summed E-state index contributed by atoms with van der Waals surface area (Å²) in [4.78, 5) is 26.6. The Morgan fingerprint density at radius 3 is 2.63 bits per heavy atom. The number of urea groups is 1. The molecule has 1 fully saturated rings. The van der Waals surface area contributed by atoms with E-state index < -0.39 is 0 Å². The van der Waals surface area contributed by atoms with E-state index in [2.05, 4.69) is 10.6 Å². The number of hydrogen-bond acceptors (Lipinski definition) is 3. The Bertz CT molecular complexity index is 1100. The molecular formula is C24H27N3O3. The van der Waals surface area contributed by atoms with Crippen LogP contribution in [0.3, 0.4) is 0 Å². The summed E-state index contributed by atoms with van der Waals surface area (Å²) in [7, 11) is 1.77. The molecule has 2 aromatic carbocycles. The minimum absolute atomic E-state index is 0.0483. The Kier molecular flexibility index (Phi) is 5.48. The Morgan fingerprint density at radius 2 is 1.90 bits per heavy atom. The van der Waals surface area contributed by atoms with E-state index in [1.807, 2.05) is 56.3 Å². The van der Waals surface area contributed by atoms with Gasteiger partial charge in [0.1, 0.15) is 11.3 Å². The standard InChI is InChI=1S/C24H27N3O3/c1-4-21-19(18-7-5-6-8-22(18)30-21)14-27(3)24(29)26-20-13-17(12-9-15(20)2)25-23(28)16-10-11-16/h5-9,12-13,16H,4,10-11,14H2,1-3H3,(H,25,28)(H,26,29). The molecule has 6 heteroatoms. The van der Waals surface area contributed by atoms with Crippen molar-refractivity contribution in [3.63, 3.8) is 0 Å². The zero-order valence-corrected chi connectivity index (χ0v) is 17.6. The van der Waals surface area contributed by atoms with E-state index in [-0.39, 0.29) is 17.9 Å². The zero-order valence-electron chi connectivity index (χ0n) is 17.6. The highest BCUT2D eigenvalue weighted by molar-refractivity contribution is 5.96. The number of anilines is 2. The van der Waals surface area contributed by atoms with Crippen molar-refractivity contribution in [3.8, 4) is 0 Å². The number of nitrogens with one attached hydrogen (secondary N) is 2. The van der Waals surface area contributed by atoms with Crippen molar-refractivity contribution < 1.29 is 14.0 Å². The largest absolute Gasteiger partial charge is 0.461 e. The van der Waals surface area contributed by atoms with Gasteiger partial charge in [-0.05, 0) is 43.5 Å². The third kappa shape index (κ3) is 4.17. The fourth-order valence-electron chi connectivity index (χ4n) is 3.55. The van der Waals surface area contributed by atoms with Crippen LogP contribution in [0.2, 0.25) is 0 Å². The molecule has 0 unspecified atom stereocenters. The van der Waals surface area contributed by atoms with Gasteiger partial charge in [-0.3, -0.25) is 4.79 Å². The molecule has 1 aliphatic carbocycles. The smallest absolute Gasteiger partial charge is 0.321 e. The monoisotopic (exact) mass is 405 g/mol. The molecule has 1 aromatic heterocycles. The number of nitrogens with zero attached hydrogens (tertiary/aromatic N) is 1. The van der Waals surface area contributed by atoms with Crippen LogP contribution in [0.4, 0.5) is 16.2 Å². The molecule has 0 saturated heterocycles. The van der Waals surface area contributed by atoms with Crippen LogP contribution in [0.15, 0.2) is 46.9 Å². The first kappa shape index (κ1) is 20.0. The second kappa shape index (κ2) is 8.22. The molecule has 1 heterocycles. The first-order chi connectivity index (χ1) is 14.5. The molecular weight excluding hydrogens is 378 g/mol. The molecule has 2 N–H and O–H groups in total. The summed E-state index contributed by atoms with van der Waals surface area (Å²) in [5, 5.41) is 6.94. The van der Waals surface area contributed by atoms with Gasteiger partial charge in [0.15, 0.2) is 0 Å². The van der Waals surface area contributed by atoms with Crippen LogP contribution in [-0.2, 0) is 17.8 Å². The van der Waals surface area contributed by atoms with Crippen LogP contribution in [0.1, 0.15) is 36.7 Å². The summed E-state index contributed by atoms with van der Waals surface area (Å²) in [6, 6.07) is 13.3. The number of fused-ring (bicyclic) bond motifs is 1. The average molecular weight is 405 g/mol. The molecule has 0 aliphatic heterocycles. The lowest BCUT2D eigenvalue weighted by atomic mass is 10.1. The minimum Gasteiger partial charge on any atom is -0.461 e. The lowest BCUT2D eigenvalue weighted by Crippen LogP contribution is -2.31. The predicted molar refractivity (Wildman–Crippen MR) is 119 cm³/mol. The van der Waals surface area contributed by atoms with Crippen molar-refractivity contribution in [3.05, 3.63) is 59.4 Å². The van der Waals surface area contributed by atoms with Crippen LogP contribution in [0.5, 0.6) is 0 Å². The number of furan rings is 1.